The Morgan fingerprint density at radius 2 is 1.38 bits per heavy atom. The number of carbonyl (C=O) groups is 5. The minimum atomic E-state index is -1.19. The van der Waals surface area contributed by atoms with Gasteiger partial charge in [0.1, 0.15) is 18.1 Å². The van der Waals surface area contributed by atoms with Gasteiger partial charge >= 0.3 is 5.97 Å². The van der Waals surface area contributed by atoms with Gasteiger partial charge in [-0.2, -0.15) is 0 Å². The Kier molecular flexibility index (Phi) is 14.7. The summed E-state index contributed by atoms with van der Waals surface area (Å²) in [5.41, 5.74) is 16.5. The van der Waals surface area contributed by atoms with Gasteiger partial charge in [0.05, 0.1) is 6.04 Å². The Balaban J connectivity index is 5.48. The molecule has 4 amide bonds. The van der Waals surface area contributed by atoms with Gasteiger partial charge in [-0.3, -0.25) is 19.2 Å². The van der Waals surface area contributed by atoms with E-state index >= 15 is 0 Å². The maximum Gasteiger partial charge on any atom is 0.326 e. The topological polar surface area (TPSA) is 220 Å². The van der Waals surface area contributed by atoms with Crippen LogP contribution in [0.2, 0.25) is 0 Å². The van der Waals surface area contributed by atoms with Crippen molar-refractivity contribution < 1.29 is 29.1 Å². The van der Waals surface area contributed by atoms with E-state index in [1.54, 1.807) is 13.8 Å². The molecule has 0 aromatic rings. The minimum Gasteiger partial charge on any atom is -0.480 e. The van der Waals surface area contributed by atoms with Gasteiger partial charge in [-0.05, 0) is 44.1 Å². The average molecular weight is 487 g/mol. The number of primary amides is 1. The zero-order chi connectivity index (χ0) is 26.4. The lowest BCUT2D eigenvalue weighted by Gasteiger charge is -2.26. The van der Waals surface area contributed by atoms with Gasteiger partial charge in [0, 0.05) is 6.42 Å². The number of unbranched alkanes of at least 4 members (excludes halogenated alkanes) is 1. The number of hydrogen-bond acceptors (Lipinski definition) is 7. The first-order valence-electron chi connectivity index (χ1n) is 11.7. The lowest BCUT2D eigenvalue weighted by atomic mass is 9.99. The van der Waals surface area contributed by atoms with E-state index in [0.29, 0.717) is 25.8 Å². The van der Waals surface area contributed by atoms with E-state index in [9.17, 15) is 29.1 Å². The fourth-order valence-corrected chi connectivity index (χ4v) is 3.22. The van der Waals surface area contributed by atoms with Crippen LogP contribution < -0.4 is 33.2 Å². The van der Waals surface area contributed by atoms with Gasteiger partial charge in [-0.15, -0.1) is 0 Å². The Morgan fingerprint density at radius 3 is 1.85 bits per heavy atom. The molecule has 0 saturated carbocycles. The Hall–Kier alpha value is -2.73. The van der Waals surface area contributed by atoms with Crippen molar-refractivity contribution in [3.8, 4) is 0 Å². The molecule has 4 unspecified atom stereocenters. The van der Waals surface area contributed by atoms with Gasteiger partial charge in [0.25, 0.3) is 0 Å². The molecule has 0 aliphatic heterocycles. The molecule has 0 aliphatic rings. The number of carboxylic acid groups (broad SMARTS) is 1. The molecule has 34 heavy (non-hydrogen) atoms. The predicted octanol–water partition coefficient (Wildman–Crippen LogP) is -1.05. The van der Waals surface area contributed by atoms with Crippen LogP contribution in [0, 0.1) is 11.8 Å². The van der Waals surface area contributed by atoms with Crippen LogP contribution in [-0.4, -0.2) is 65.4 Å². The highest BCUT2D eigenvalue weighted by molar-refractivity contribution is 5.94. The van der Waals surface area contributed by atoms with Crippen molar-refractivity contribution in [1.29, 1.82) is 0 Å². The molecule has 12 nitrogen and oxygen atoms in total. The van der Waals surface area contributed by atoms with E-state index < -0.39 is 53.8 Å². The third-order valence-corrected chi connectivity index (χ3v) is 5.19. The quantitative estimate of drug-likeness (QED) is 0.125. The van der Waals surface area contributed by atoms with Crippen LogP contribution in [0.25, 0.3) is 0 Å². The molecule has 0 rings (SSSR count). The molecular weight excluding hydrogens is 444 g/mol. The van der Waals surface area contributed by atoms with Crippen LogP contribution in [0.3, 0.4) is 0 Å². The SMILES string of the molecule is CC(C)CC(NC(=O)C(CCC(N)=O)NC(=O)C(N)CCCCN)C(=O)NC(C(=O)O)C(C)C. The first kappa shape index (κ1) is 31.3. The van der Waals surface area contributed by atoms with Crippen LogP contribution in [0.5, 0.6) is 0 Å². The summed E-state index contributed by atoms with van der Waals surface area (Å²) < 4.78 is 0. The maximum absolute atomic E-state index is 13.0. The van der Waals surface area contributed by atoms with E-state index in [2.05, 4.69) is 16.0 Å². The second-order valence-electron chi connectivity index (χ2n) is 9.22. The molecule has 0 heterocycles. The minimum absolute atomic E-state index is 0.00648. The summed E-state index contributed by atoms with van der Waals surface area (Å²) in [5.74, 6) is -4.14. The molecule has 0 saturated heterocycles. The molecule has 4 atom stereocenters. The Morgan fingerprint density at radius 1 is 0.824 bits per heavy atom. The van der Waals surface area contributed by atoms with Crippen molar-refractivity contribution in [3.05, 3.63) is 0 Å². The second-order valence-corrected chi connectivity index (χ2v) is 9.22. The molecule has 0 radical (unpaired) electrons. The van der Waals surface area contributed by atoms with Gasteiger partial charge in [-0.1, -0.05) is 34.1 Å². The summed E-state index contributed by atoms with van der Waals surface area (Å²) in [6, 6.07) is -4.19. The predicted molar refractivity (Wildman–Crippen MR) is 127 cm³/mol. The zero-order valence-corrected chi connectivity index (χ0v) is 20.6. The molecule has 0 bridgehead atoms. The Bertz CT molecular complexity index is 699. The van der Waals surface area contributed by atoms with Gasteiger partial charge in [0.15, 0.2) is 0 Å². The lowest BCUT2D eigenvalue weighted by molar-refractivity contribution is -0.143. The highest BCUT2D eigenvalue weighted by atomic mass is 16.4. The van der Waals surface area contributed by atoms with Gasteiger partial charge in [0.2, 0.25) is 23.6 Å². The first-order valence-corrected chi connectivity index (χ1v) is 11.7. The first-order chi connectivity index (χ1) is 15.8. The molecule has 0 aromatic carbocycles. The van der Waals surface area contributed by atoms with Crippen LogP contribution >= 0.6 is 0 Å². The van der Waals surface area contributed by atoms with E-state index in [4.69, 9.17) is 17.2 Å². The third kappa shape index (κ3) is 12.5. The van der Waals surface area contributed by atoms with Crippen LogP contribution in [0.4, 0.5) is 0 Å². The lowest BCUT2D eigenvalue weighted by Crippen LogP contribution is -2.58. The van der Waals surface area contributed by atoms with Crippen molar-refractivity contribution in [3.63, 3.8) is 0 Å². The summed E-state index contributed by atoms with van der Waals surface area (Å²) in [7, 11) is 0. The number of hydrogen-bond donors (Lipinski definition) is 7. The zero-order valence-electron chi connectivity index (χ0n) is 20.6. The fraction of sp³-hybridized carbons (Fsp3) is 0.773. The standard InChI is InChI=1S/C22H42N6O6/c1-12(2)11-16(21(32)28-18(13(3)4)22(33)34)27-20(31)15(8-9-17(25)29)26-19(30)14(24)7-5-6-10-23/h12-16,18H,5-11,23-24H2,1-4H3,(H2,25,29)(H,26,30)(H,27,31)(H,28,32)(H,33,34). The number of nitrogens with one attached hydrogen (secondary N) is 3. The van der Waals surface area contributed by atoms with Crippen molar-refractivity contribution in [2.75, 3.05) is 6.54 Å². The fourth-order valence-electron chi connectivity index (χ4n) is 3.22. The monoisotopic (exact) mass is 486 g/mol. The normalized spacial score (nSPS) is 14.7. The highest BCUT2D eigenvalue weighted by Crippen LogP contribution is 2.09. The number of carboxylic acids is 1. The molecule has 10 N–H and O–H groups in total. The van der Waals surface area contributed by atoms with Crippen molar-refractivity contribution in [2.24, 2.45) is 29.0 Å². The molecule has 0 aromatic heterocycles. The van der Waals surface area contributed by atoms with Crippen LogP contribution in [0.15, 0.2) is 0 Å². The van der Waals surface area contributed by atoms with E-state index in [1.165, 1.54) is 0 Å². The molecule has 0 fully saturated rings. The molecule has 0 spiro atoms. The average Bonchev–Trinajstić information content (AvgIpc) is 2.72. The van der Waals surface area contributed by atoms with Crippen LogP contribution in [-0.2, 0) is 24.0 Å². The summed E-state index contributed by atoms with van der Waals surface area (Å²) in [6.07, 6.45) is 1.69. The number of aliphatic carboxylic acids is 1. The summed E-state index contributed by atoms with van der Waals surface area (Å²) >= 11 is 0. The number of rotatable bonds is 17. The number of nitrogens with two attached hydrogens (primary N) is 3. The second kappa shape index (κ2) is 16.0. The molecule has 12 heteroatoms. The molecule has 196 valence electrons. The van der Waals surface area contributed by atoms with Crippen molar-refractivity contribution >= 4 is 29.6 Å². The van der Waals surface area contributed by atoms with Crippen molar-refractivity contribution in [2.45, 2.75) is 90.4 Å². The molecular formula is C22H42N6O6. The number of amides is 4. The van der Waals surface area contributed by atoms with E-state index in [1.807, 2.05) is 13.8 Å². The van der Waals surface area contributed by atoms with E-state index in [0.717, 1.165) is 0 Å². The van der Waals surface area contributed by atoms with Crippen LogP contribution in [0.1, 0.15) is 66.2 Å². The van der Waals surface area contributed by atoms with E-state index in [-0.39, 0.29) is 31.1 Å². The molecule has 0 aliphatic carbocycles. The summed E-state index contributed by atoms with van der Waals surface area (Å²) in [5, 5.41) is 16.9. The number of carbonyl (C=O) groups excluding carboxylic acids is 4. The highest BCUT2D eigenvalue weighted by Gasteiger charge is 2.31. The summed E-state index contributed by atoms with van der Waals surface area (Å²) in [6.45, 7) is 7.46. The van der Waals surface area contributed by atoms with Gasteiger partial charge in [-0.25, -0.2) is 4.79 Å². The van der Waals surface area contributed by atoms with Crippen molar-refractivity contribution in [1.82, 2.24) is 16.0 Å². The summed E-state index contributed by atoms with van der Waals surface area (Å²) in [4.78, 5) is 61.0. The maximum atomic E-state index is 13.0. The third-order valence-electron chi connectivity index (χ3n) is 5.19. The smallest absolute Gasteiger partial charge is 0.326 e. The Labute approximate surface area is 201 Å². The largest absolute Gasteiger partial charge is 0.480 e. The van der Waals surface area contributed by atoms with Gasteiger partial charge < -0.3 is 38.3 Å².